The summed E-state index contributed by atoms with van der Waals surface area (Å²) in [6.07, 6.45) is 1.59. The molecule has 1 saturated heterocycles. The van der Waals surface area contributed by atoms with Crippen LogP contribution in [0.2, 0.25) is 0 Å². The number of hydrogen-bond donors (Lipinski definition) is 2. The average Bonchev–Trinajstić information content (AvgIpc) is 3.01. The predicted octanol–water partition coefficient (Wildman–Crippen LogP) is 0.652. The van der Waals surface area contributed by atoms with E-state index in [0.29, 0.717) is 19.0 Å². The molecule has 1 aromatic rings. The van der Waals surface area contributed by atoms with Crippen LogP contribution in [0.25, 0.3) is 0 Å². The van der Waals surface area contributed by atoms with Gasteiger partial charge >= 0.3 is 12.1 Å². The quantitative estimate of drug-likeness (QED) is 0.843. The number of nitrogens with one attached hydrogen (secondary N) is 1. The first-order valence-corrected chi connectivity index (χ1v) is 7.46. The third-order valence-corrected chi connectivity index (χ3v) is 4.10. The lowest BCUT2D eigenvalue weighted by Gasteiger charge is -2.22. The summed E-state index contributed by atoms with van der Waals surface area (Å²) >= 11 is 0. The molecule has 1 amide bonds. The number of hydrogen-bond acceptors (Lipinski definition) is 6. The standard InChI is InChI=1S/C14H20N4O4/c1-21-12-10-4-5-15-7-11(10)16-13(17-12)22-8-9-3-2-6-18(9)14(19)20/h9,15H,2-8H2,1H3,(H,19,20)/t9-/m0/s1. The number of carboxylic acid groups (broad SMARTS) is 1. The van der Waals surface area contributed by atoms with Crippen molar-refractivity contribution in [2.75, 3.05) is 26.8 Å². The van der Waals surface area contributed by atoms with Gasteiger partial charge in [-0.05, 0) is 25.8 Å². The number of ether oxygens (including phenoxy) is 2. The second-order valence-corrected chi connectivity index (χ2v) is 5.45. The summed E-state index contributed by atoms with van der Waals surface area (Å²) in [5.74, 6) is 0.544. The molecule has 1 fully saturated rings. The zero-order chi connectivity index (χ0) is 15.5. The van der Waals surface area contributed by atoms with E-state index in [2.05, 4.69) is 15.3 Å². The second-order valence-electron chi connectivity index (χ2n) is 5.45. The molecule has 0 spiro atoms. The molecule has 8 nitrogen and oxygen atoms in total. The Bertz CT molecular complexity index is 549. The highest BCUT2D eigenvalue weighted by Gasteiger charge is 2.29. The minimum Gasteiger partial charge on any atom is -0.481 e. The normalized spacial score (nSPS) is 20.6. The molecule has 0 radical (unpaired) electrons. The molecule has 1 aromatic heterocycles. The van der Waals surface area contributed by atoms with Crippen LogP contribution in [-0.4, -0.2) is 58.9 Å². The highest BCUT2D eigenvalue weighted by molar-refractivity contribution is 5.65. The molecule has 1 atom stereocenters. The fraction of sp³-hybridized carbons (Fsp3) is 0.643. The zero-order valence-electron chi connectivity index (χ0n) is 12.5. The van der Waals surface area contributed by atoms with Crippen molar-refractivity contribution in [2.45, 2.75) is 31.8 Å². The summed E-state index contributed by atoms with van der Waals surface area (Å²) in [4.78, 5) is 21.2. The average molecular weight is 308 g/mol. The Labute approximate surface area is 128 Å². The van der Waals surface area contributed by atoms with Crippen molar-refractivity contribution < 1.29 is 19.4 Å². The Morgan fingerprint density at radius 1 is 1.50 bits per heavy atom. The number of nitrogens with zero attached hydrogens (tertiary/aromatic N) is 3. The van der Waals surface area contributed by atoms with Crippen LogP contribution in [0.4, 0.5) is 4.79 Å². The van der Waals surface area contributed by atoms with E-state index in [0.717, 1.165) is 37.1 Å². The summed E-state index contributed by atoms with van der Waals surface area (Å²) in [5, 5.41) is 12.4. The van der Waals surface area contributed by atoms with Crippen LogP contribution >= 0.6 is 0 Å². The molecule has 3 heterocycles. The SMILES string of the molecule is COc1nc(OC[C@@H]2CCCN2C(=O)O)nc2c1CCNC2. The Hall–Kier alpha value is -2.09. The highest BCUT2D eigenvalue weighted by atomic mass is 16.5. The third kappa shape index (κ3) is 2.92. The van der Waals surface area contributed by atoms with Gasteiger partial charge in [-0.2, -0.15) is 9.97 Å². The topological polar surface area (TPSA) is 96.8 Å². The largest absolute Gasteiger partial charge is 0.481 e. The van der Waals surface area contributed by atoms with Gasteiger partial charge in [-0.3, -0.25) is 0 Å². The lowest BCUT2D eigenvalue weighted by molar-refractivity contribution is 0.120. The molecule has 0 bridgehead atoms. The molecular weight excluding hydrogens is 288 g/mol. The van der Waals surface area contributed by atoms with E-state index in [-0.39, 0.29) is 18.7 Å². The van der Waals surface area contributed by atoms with Crippen LogP contribution in [0.15, 0.2) is 0 Å². The van der Waals surface area contributed by atoms with Gasteiger partial charge in [0.05, 0.1) is 18.8 Å². The van der Waals surface area contributed by atoms with Gasteiger partial charge in [0.15, 0.2) is 0 Å². The summed E-state index contributed by atoms with van der Waals surface area (Å²) in [6.45, 7) is 2.36. The maximum atomic E-state index is 11.1. The van der Waals surface area contributed by atoms with E-state index >= 15 is 0 Å². The Morgan fingerprint density at radius 2 is 2.36 bits per heavy atom. The van der Waals surface area contributed by atoms with E-state index in [1.807, 2.05) is 0 Å². The zero-order valence-corrected chi connectivity index (χ0v) is 12.5. The maximum absolute atomic E-state index is 11.1. The first-order chi connectivity index (χ1) is 10.7. The first-order valence-electron chi connectivity index (χ1n) is 7.46. The van der Waals surface area contributed by atoms with Crippen LogP contribution in [0.1, 0.15) is 24.1 Å². The molecule has 3 rings (SSSR count). The Balaban J connectivity index is 1.71. The van der Waals surface area contributed by atoms with Crippen molar-refractivity contribution in [3.8, 4) is 11.9 Å². The number of methoxy groups -OCH3 is 1. The van der Waals surface area contributed by atoms with Crippen molar-refractivity contribution in [1.82, 2.24) is 20.2 Å². The number of fused-ring (bicyclic) bond motifs is 1. The Kier molecular flexibility index (Phi) is 4.28. The molecule has 120 valence electrons. The molecule has 0 saturated carbocycles. The maximum Gasteiger partial charge on any atom is 0.407 e. The van der Waals surface area contributed by atoms with Crippen LogP contribution < -0.4 is 14.8 Å². The summed E-state index contributed by atoms with van der Waals surface area (Å²) in [6, 6.07) is 0.109. The fourth-order valence-electron chi connectivity index (χ4n) is 2.97. The van der Waals surface area contributed by atoms with Gasteiger partial charge in [-0.15, -0.1) is 0 Å². The Morgan fingerprint density at radius 3 is 3.14 bits per heavy atom. The van der Waals surface area contributed by atoms with E-state index in [4.69, 9.17) is 14.6 Å². The molecule has 2 aliphatic heterocycles. The number of carbonyl (C=O) groups is 1. The van der Waals surface area contributed by atoms with Gasteiger partial charge in [-0.1, -0.05) is 0 Å². The predicted molar refractivity (Wildman–Crippen MR) is 77.2 cm³/mol. The van der Waals surface area contributed by atoms with Crippen LogP contribution in [0, 0.1) is 0 Å². The van der Waals surface area contributed by atoms with Crippen molar-refractivity contribution in [2.24, 2.45) is 0 Å². The smallest absolute Gasteiger partial charge is 0.407 e. The van der Waals surface area contributed by atoms with Gasteiger partial charge in [0.1, 0.15) is 6.61 Å². The molecule has 8 heteroatoms. The first kappa shape index (κ1) is 14.8. The number of aromatic nitrogens is 2. The monoisotopic (exact) mass is 308 g/mol. The fourth-order valence-corrected chi connectivity index (χ4v) is 2.97. The van der Waals surface area contributed by atoms with Crippen molar-refractivity contribution in [3.63, 3.8) is 0 Å². The minimum atomic E-state index is -0.903. The van der Waals surface area contributed by atoms with Crippen LogP contribution in [0.3, 0.4) is 0 Å². The van der Waals surface area contributed by atoms with E-state index in [9.17, 15) is 4.79 Å². The number of rotatable bonds is 4. The summed E-state index contributed by atoms with van der Waals surface area (Å²) < 4.78 is 11.0. The highest BCUT2D eigenvalue weighted by Crippen LogP contribution is 2.25. The van der Waals surface area contributed by atoms with Gasteiger partial charge in [0.2, 0.25) is 5.88 Å². The summed E-state index contributed by atoms with van der Waals surface area (Å²) in [7, 11) is 1.58. The van der Waals surface area contributed by atoms with E-state index in [1.165, 1.54) is 4.90 Å². The molecule has 0 unspecified atom stereocenters. The van der Waals surface area contributed by atoms with Crippen LogP contribution in [-0.2, 0) is 13.0 Å². The van der Waals surface area contributed by atoms with Gasteiger partial charge in [-0.25, -0.2) is 4.79 Å². The van der Waals surface area contributed by atoms with E-state index in [1.54, 1.807) is 7.11 Å². The lowest BCUT2D eigenvalue weighted by Crippen LogP contribution is -2.38. The van der Waals surface area contributed by atoms with Gasteiger partial charge in [0, 0.05) is 18.7 Å². The molecule has 0 aromatic carbocycles. The summed E-state index contributed by atoms with van der Waals surface area (Å²) in [5.41, 5.74) is 1.90. The van der Waals surface area contributed by atoms with E-state index < -0.39 is 6.09 Å². The van der Waals surface area contributed by atoms with Gasteiger partial charge in [0.25, 0.3) is 0 Å². The molecular formula is C14H20N4O4. The second kappa shape index (κ2) is 6.35. The lowest BCUT2D eigenvalue weighted by atomic mass is 10.1. The third-order valence-electron chi connectivity index (χ3n) is 4.10. The molecule has 2 aliphatic rings. The van der Waals surface area contributed by atoms with Crippen molar-refractivity contribution in [1.29, 1.82) is 0 Å². The number of likely N-dealkylation sites (tertiary alicyclic amines) is 1. The molecule has 0 aliphatic carbocycles. The molecule has 22 heavy (non-hydrogen) atoms. The van der Waals surface area contributed by atoms with Crippen molar-refractivity contribution in [3.05, 3.63) is 11.3 Å². The van der Waals surface area contributed by atoms with Crippen LogP contribution in [0.5, 0.6) is 11.9 Å². The van der Waals surface area contributed by atoms with Gasteiger partial charge < -0.3 is 24.8 Å². The number of amides is 1. The minimum absolute atomic E-state index is 0.138. The molecule has 2 N–H and O–H groups in total. The van der Waals surface area contributed by atoms with Crippen molar-refractivity contribution >= 4 is 6.09 Å².